The molecule has 1 aromatic rings. The first-order valence-corrected chi connectivity index (χ1v) is 4.50. The van der Waals surface area contributed by atoms with Crippen molar-refractivity contribution in [3.05, 3.63) is 29.8 Å². The molecule has 0 bridgehead atoms. The van der Waals surface area contributed by atoms with Crippen molar-refractivity contribution >= 4 is 6.29 Å². The highest BCUT2D eigenvalue weighted by Crippen LogP contribution is 2.29. The van der Waals surface area contributed by atoms with E-state index in [-0.39, 0.29) is 0 Å². The molecule has 0 aromatic heterocycles. The molecule has 0 aliphatic heterocycles. The summed E-state index contributed by atoms with van der Waals surface area (Å²) < 4.78 is 5.49. The molecule has 1 saturated carbocycles. The number of ether oxygens (including phenoxy) is 1. The summed E-state index contributed by atoms with van der Waals surface area (Å²) in [7, 11) is 0. The van der Waals surface area contributed by atoms with Gasteiger partial charge < -0.3 is 4.74 Å². The number of benzene rings is 1. The maximum absolute atomic E-state index is 10.5. The van der Waals surface area contributed by atoms with E-state index in [1.165, 1.54) is 12.8 Å². The third-order valence-electron chi connectivity index (χ3n) is 2.17. The summed E-state index contributed by atoms with van der Waals surface area (Å²) in [5.41, 5.74) is 0.517. The van der Waals surface area contributed by atoms with Gasteiger partial charge in [-0.2, -0.15) is 0 Å². The average Bonchev–Trinajstić information content (AvgIpc) is 2.99. The topological polar surface area (TPSA) is 26.3 Å². The van der Waals surface area contributed by atoms with Crippen molar-refractivity contribution in [2.75, 3.05) is 6.61 Å². The Bertz CT molecular complexity index is 303. The third kappa shape index (κ3) is 2.08. The summed E-state index contributed by atoms with van der Waals surface area (Å²) in [6.45, 7) is 0.735. The van der Waals surface area contributed by atoms with Crippen LogP contribution in [0.5, 0.6) is 5.75 Å². The van der Waals surface area contributed by atoms with Gasteiger partial charge in [0.15, 0.2) is 0 Å². The lowest BCUT2D eigenvalue weighted by atomic mass is 10.2. The van der Waals surface area contributed by atoms with Gasteiger partial charge in [-0.3, -0.25) is 4.79 Å². The van der Waals surface area contributed by atoms with Gasteiger partial charge in [0.1, 0.15) is 5.75 Å². The van der Waals surface area contributed by atoms with Crippen molar-refractivity contribution in [3.63, 3.8) is 0 Å². The van der Waals surface area contributed by atoms with Gasteiger partial charge in [-0.25, -0.2) is 0 Å². The largest absolute Gasteiger partial charge is 0.493 e. The van der Waals surface area contributed by atoms with Crippen LogP contribution in [0, 0.1) is 5.92 Å². The highest BCUT2D eigenvalue weighted by atomic mass is 16.5. The molecule has 0 spiro atoms. The Labute approximate surface area is 77.5 Å². The SMILES string of the molecule is O=[C]c1ccccc1OCC1CC1. The molecule has 1 aromatic carbocycles. The predicted molar refractivity (Wildman–Crippen MR) is 49.5 cm³/mol. The van der Waals surface area contributed by atoms with Crippen LogP contribution in [-0.2, 0) is 4.79 Å². The highest BCUT2D eigenvalue weighted by molar-refractivity contribution is 5.79. The maximum Gasteiger partial charge on any atom is 0.237 e. The first kappa shape index (κ1) is 8.30. The maximum atomic E-state index is 10.5. The zero-order valence-electron chi connectivity index (χ0n) is 7.32. The van der Waals surface area contributed by atoms with Crippen molar-refractivity contribution in [3.8, 4) is 5.75 Å². The van der Waals surface area contributed by atoms with Crippen LogP contribution in [0.4, 0.5) is 0 Å². The molecule has 2 rings (SSSR count). The van der Waals surface area contributed by atoms with E-state index >= 15 is 0 Å². The second kappa shape index (κ2) is 3.60. The van der Waals surface area contributed by atoms with E-state index in [9.17, 15) is 4.79 Å². The molecule has 0 amide bonds. The summed E-state index contributed by atoms with van der Waals surface area (Å²) in [5.74, 6) is 1.36. The van der Waals surface area contributed by atoms with E-state index in [1.54, 1.807) is 6.07 Å². The van der Waals surface area contributed by atoms with Crippen molar-refractivity contribution in [2.45, 2.75) is 12.8 Å². The number of para-hydroxylation sites is 1. The Morgan fingerprint density at radius 3 is 2.85 bits per heavy atom. The van der Waals surface area contributed by atoms with Crippen LogP contribution in [0.1, 0.15) is 18.4 Å². The molecule has 67 valence electrons. The highest BCUT2D eigenvalue weighted by Gasteiger charge is 2.22. The molecule has 0 saturated heterocycles. The van der Waals surface area contributed by atoms with E-state index in [0.717, 1.165) is 6.61 Å². The van der Waals surface area contributed by atoms with Gasteiger partial charge in [-0.1, -0.05) is 12.1 Å². The Balaban J connectivity index is 2.03. The van der Waals surface area contributed by atoms with Crippen molar-refractivity contribution < 1.29 is 9.53 Å². The molecule has 1 radical (unpaired) electrons. The molecule has 0 unspecified atom stereocenters. The van der Waals surface area contributed by atoms with Crippen LogP contribution >= 0.6 is 0 Å². The van der Waals surface area contributed by atoms with Gasteiger partial charge in [-0.15, -0.1) is 0 Å². The second-order valence-corrected chi connectivity index (χ2v) is 3.35. The van der Waals surface area contributed by atoms with E-state index in [4.69, 9.17) is 4.74 Å². The van der Waals surface area contributed by atoms with Gasteiger partial charge in [0.2, 0.25) is 6.29 Å². The first-order valence-electron chi connectivity index (χ1n) is 4.50. The van der Waals surface area contributed by atoms with Crippen LogP contribution in [0.25, 0.3) is 0 Å². The monoisotopic (exact) mass is 175 g/mol. The Morgan fingerprint density at radius 2 is 2.15 bits per heavy atom. The zero-order chi connectivity index (χ0) is 9.10. The molecule has 13 heavy (non-hydrogen) atoms. The van der Waals surface area contributed by atoms with Gasteiger partial charge in [0, 0.05) is 0 Å². The van der Waals surface area contributed by atoms with E-state index < -0.39 is 0 Å². The Kier molecular flexibility index (Phi) is 2.30. The lowest BCUT2D eigenvalue weighted by Gasteiger charge is -2.05. The minimum atomic E-state index is 0.517. The summed E-state index contributed by atoms with van der Waals surface area (Å²) in [4.78, 5) is 10.5. The fourth-order valence-corrected chi connectivity index (χ4v) is 1.17. The number of hydrogen-bond acceptors (Lipinski definition) is 2. The molecule has 1 fully saturated rings. The lowest BCUT2D eigenvalue weighted by molar-refractivity contribution is 0.299. The minimum absolute atomic E-state index is 0.517. The predicted octanol–water partition coefficient (Wildman–Crippen LogP) is 1.93. The van der Waals surface area contributed by atoms with Crippen LogP contribution in [0.3, 0.4) is 0 Å². The third-order valence-corrected chi connectivity index (χ3v) is 2.17. The van der Waals surface area contributed by atoms with Crippen molar-refractivity contribution in [1.29, 1.82) is 0 Å². The number of carbonyl (C=O) groups excluding carboxylic acids is 1. The molecule has 1 aliphatic carbocycles. The van der Waals surface area contributed by atoms with E-state index in [2.05, 4.69) is 0 Å². The molecule has 0 N–H and O–H groups in total. The van der Waals surface area contributed by atoms with Crippen LogP contribution in [0.15, 0.2) is 24.3 Å². The number of hydrogen-bond donors (Lipinski definition) is 0. The molecule has 0 atom stereocenters. The summed E-state index contributed by atoms with van der Waals surface area (Å²) in [5, 5.41) is 0. The minimum Gasteiger partial charge on any atom is -0.493 e. The molecule has 1 aliphatic rings. The first-order chi connectivity index (χ1) is 6.40. The Morgan fingerprint density at radius 1 is 1.38 bits per heavy atom. The van der Waals surface area contributed by atoms with Crippen molar-refractivity contribution in [1.82, 2.24) is 0 Å². The van der Waals surface area contributed by atoms with E-state index in [0.29, 0.717) is 17.2 Å². The smallest absolute Gasteiger partial charge is 0.237 e. The van der Waals surface area contributed by atoms with Gasteiger partial charge in [0.25, 0.3) is 0 Å². The van der Waals surface area contributed by atoms with Crippen molar-refractivity contribution in [2.24, 2.45) is 5.92 Å². The van der Waals surface area contributed by atoms with Crippen LogP contribution in [0.2, 0.25) is 0 Å². The molecular formula is C11H11O2. The summed E-state index contributed by atoms with van der Waals surface area (Å²) in [6.07, 6.45) is 4.38. The second-order valence-electron chi connectivity index (χ2n) is 3.35. The quantitative estimate of drug-likeness (QED) is 0.699. The average molecular weight is 175 g/mol. The fourth-order valence-electron chi connectivity index (χ4n) is 1.17. The normalized spacial score (nSPS) is 15.4. The standard InChI is InChI=1S/C11H11O2/c12-7-10-3-1-2-4-11(10)13-8-9-5-6-9/h1-4,9H,5-6,8H2. The van der Waals surface area contributed by atoms with Crippen LogP contribution in [-0.4, -0.2) is 12.9 Å². The summed E-state index contributed by atoms with van der Waals surface area (Å²) in [6, 6.07) is 7.20. The van der Waals surface area contributed by atoms with E-state index in [1.807, 2.05) is 24.5 Å². The van der Waals surface area contributed by atoms with Gasteiger partial charge in [-0.05, 0) is 30.9 Å². The van der Waals surface area contributed by atoms with Crippen LogP contribution < -0.4 is 4.74 Å². The van der Waals surface area contributed by atoms with Gasteiger partial charge in [0.05, 0.1) is 12.2 Å². The number of rotatable bonds is 4. The van der Waals surface area contributed by atoms with Gasteiger partial charge >= 0.3 is 0 Å². The summed E-state index contributed by atoms with van der Waals surface area (Å²) >= 11 is 0. The lowest BCUT2D eigenvalue weighted by Crippen LogP contribution is -2.01. The Hall–Kier alpha value is -1.31. The molecule has 0 heterocycles. The molecule has 2 heteroatoms. The fraction of sp³-hybridized carbons (Fsp3) is 0.364. The zero-order valence-corrected chi connectivity index (χ0v) is 7.32. The molecule has 2 nitrogen and oxygen atoms in total. The molecular weight excluding hydrogens is 164 g/mol.